The van der Waals surface area contributed by atoms with E-state index in [0.717, 1.165) is 31.7 Å². The number of nitrogens with one attached hydrogen (secondary N) is 1. The Morgan fingerprint density at radius 1 is 1.30 bits per heavy atom. The molecule has 4 nitrogen and oxygen atoms in total. The van der Waals surface area contributed by atoms with E-state index in [2.05, 4.69) is 11.6 Å². The van der Waals surface area contributed by atoms with Crippen molar-refractivity contribution in [3.05, 3.63) is 29.6 Å². The van der Waals surface area contributed by atoms with Crippen LogP contribution < -0.4 is 4.72 Å². The highest BCUT2D eigenvalue weighted by molar-refractivity contribution is 7.89. The molecular weight excluding hydrogens is 279 g/mol. The van der Waals surface area contributed by atoms with Crippen molar-refractivity contribution in [3.8, 4) is 6.07 Å². The number of nitriles is 1. The van der Waals surface area contributed by atoms with E-state index in [1.807, 2.05) is 0 Å². The minimum Gasteiger partial charge on any atom is -0.208 e. The van der Waals surface area contributed by atoms with Crippen LogP contribution in [0.15, 0.2) is 23.1 Å². The molecule has 0 radical (unpaired) electrons. The Morgan fingerprint density at radius 3 is 2.55 bits per heavy atom. The van der Waals surface area contributed by atoms with Gasteiger partial charge < -0.3 is 0 Å². The van der Waals surface area contributed by atoms with E-state index < -0.39 is 21.4 Å². The van der Waals surface area contributed by atoms with Crippen molar-refractivity contribution < 1.29 is 12.8 Å². The van der Waals surface area contributed by atoms with E-state index >= 15 is 0 Å². The molecule has 2 rings (SSSR count). The van der Waals surface area contributed by atoms with Gasteiger partial charge in [-0.15, -0.1) is 0 Å². The first kappa shape index (κ1) is 14.9. The van der Waals surface area contributed by atoms with Crippen LogP contribution >= 0.6 is 0 Å². The molecule has 1 aromatic rings. The van der Waals surface area contributed by atoms with Gasteiger partial charge in [0.2, 0.25) is 10.0 Å². The summed E-state index contributed by atoms with van der Waals surface area (Å²) in [5.74, 6) is -0.202. The monoisotopic (exact) mass is 296 g/mol. The van der Waals surface area contributed by atoms with Crippen molar-refractivity contribution in [2.24, 2.45) is 5.92 Å². The second-order valence-corrected chi connectivity index (χ2v) is 6.99. The average Bonchev–Trinajstić information content (AvgIpc) is 2.41. The molecule has 0 amide bonds. The predicted molar refractivity (Wildman–Crippen MR) is 72.9 cm³/mol. The van der Waals surface area contributed by atoms with Gasteiger partial charge in [-0.2, -0.15) is 5.26 Å². The lowest BCUT2D eigenvalue weighted by Crippen LogP contribution is -2.37. The van der Waals surface area contributed by atoms with Crippen LogP contribution in [-0.4, -0.2) is 14.5 Å². The minimum atomic E-state index is -3.86. The summed E-state index contributed by atoms with van der Waals surface area (Å²) in [5.41, 5.74) is -0.427. The van der Waals surface area contributed by atoms with Crippen LogP contribution in [0.3, 0.4) is 0 Å². The van der Waals surface area contributed by atoms with Crippen molar-refractivity contribution in [2.45, 2.75) is 43.5 Å². The molecule has 1 aliphatic rings. The van der Waals surface area contributed by atoms with Crippen LogP contribution in [-0.2, 0) is 10.0 Å². The Hall–Kier alpha value is -1.45. The van der Waals surface area contributed by atoms with Gasteiger partial charge in [0.15, 0.2) is 0 Å². The van der Waals surface area contributed by atoms with E-state index in [0.29, 0.717) is 5.92 Å². The Morgan fingerprint density at radius 2 is 1.95 bits per heavy atom. The maximum absolute atomic E-state index is 13.5. The van der Waals surface area contributed by atoms with Gasteiger partial charge in [0.25, 0.3) is 0 Å². The summed E-state index contributed by atoms with van der Waals surface area (Å²) < 4.78 is 40.7. The molecule has 0 unspecified atom stereocenters. The van der Waals surface area contributed by atoms with Crippen LogP contribution in [0.25, 0.3) is 0 Å². The topological polar surface area (TPSA) is 70.0 Å². The van der Waals surface area contributed by atoms with Crippen LogP contribution in [0, 0.1) is 23.1 Å². The van der Waals surface area contributed by atoms with Gasteiger partial charge >= 0.3 is 0 Å². The van der Waals surface area contributed by atoms with Crippen molar-refractivity contribution in [3.63, 3.8) is 0 Å². The molecule has 0 aliphatic heterocycles. The fourth-order valence-corrected chi connectivity index (χ4v) is 3.97. The van der Waals surface area contributed by atoms with E-state index in [9.17, 15) is 12.8 Å². The van der Waals surface area contributed by atoms with Gasteiger partial charge in [0.05, 0.1) is 0 Å². The lowest BCUT2D eigenvalue weighted by Gasteiger charge is -2.26. The van der Waals surface area contributed by atoms with E-state index in [-0.39, 0.29) is 10.9 Å². The molecule has 0 spiro atoms. The molecule has 20 heavy (non-hydrogen) atoms. The Labute approximate surface area is 118 Å². The molecule has 0 bridgehead atoms. The van der Waals surface area contributed by atoms with Crippen molar-refractivity contribution in [2.75, 3.05) is 0 Å². The smallest absolute Gasteiger partial charge is 0.208 e. The lowest BCUT2D eigenvalue weighted by molar-refractivity contribution is 0.332. The first-order chi connectivity index (χ1) is 9.44. The maximum atomic E-state index is 13.5. The normalized spacial score (nSPS) is 23.2. The number of rotatable bonds is 3. The summed E-state index contributed by atoms with van der Waals surface area (Å²) >= 11 is 0. The first-order valence-electron chi connectivity index (χ1n) is 6.65. The molecule has 0 heterocycles. The van der Waals surface area contributed by atoms with Crippen LogP contribution in [0.2, 0.25) is 0 Å². The third-order valence-electron chi connectivity index (χ3n) is 3.71. The molecule has 1 fully saturated rings. The quantitative estimate of drug-likeness (QED) is 0.932. The predicted octanol–water partition coefficient (Wildman–Crippen LogP) is 2.55. The van der Waals surface area contributed by atoms with Crippen LogP contribution in [0.5, 0.6) is 0 Å². The fourth-order valence-electron chi connectivity index (χ4n) is 2.50. The molecule has 6 heteroatoms. The number of halogens is 1. The molecule has 1 saturated carbocycles. The highest BCUT2D eigenvalue weighted by Gasteiger charge is 2.26. The first-order valence-corrected chi connectivity index (χ1v) is 8.13. The van der Waals surface area contributed by atoms with E-state index in [4.69, 9.17) is 5.26 Å². The zero-order valence-electron chi connectivity index (χ0n) is 11.3. The lowest BCUT2D eigenvalue weighted by atomic mass is 9.88. The SMILES string of the molecule is CC1CCC(NS(=O)(=O)c2cccc(F)c2C#N)CC1. The van der Waals surface area contributed by atoms with Gasteiger partial charge in [-0.25, -0.2) is 17.5 Å². The number of nitrogens with zero attached hydrogens (tertiary/aromatic N) is 1. The third kappa shape index (κ3) is 3.17. The van der Waals surface area contributed by atoms with Crippen LogP contribution in [0.1, 0.15) is 38.2 Å². The third-order valence-corrected chi connectivity index (χ3v) is 5.28. The second-order valence-electron chi connectivity index (χ2n) is 5.30. The van der Waals surface area contributed by atoms with Gasteiger partial charge in [0, 0.05) is 6.04 Å². The van der Waals surface area contributed by atoms with Gasteiger partial charge in [-0.05, 0) is 43.7 Å². The number of hydrogen-bond acceptors (Lipinski definition) is 3. The largest absolute Gasteiger partial charge is 0.242 e. The summed E-state index contributed by atoms with van der Waals surface area (Å²) in [5, 5.41) is 8.92. The standard InChI is InChI=1S/C14H17FN2O2S/c1-10-5-7-11(8-6-10)17-20(18,19)14-4-2-3-13(15)12(14)9-16/h2-4,10-11,17H,5-8H2,1H3. The van der Waals surface area contributed by atoms with Crippen molar-refractivity contribution in [1.29, 1.82) is 5.26 Å². The highest BCUT2D eigenvalue weighted by atomic mass is 32.2. The van der Waals surface area contributed by atoms with E-state index in [1.54, 1.807) is 6.07 Å². The summed E-state index contributed by atoms with van der Waals surface area (Å²) in [7, 11) is -3.86. The van der Waals surface area contributed by atoms with Crippen molar-refractivity contribution >= 4 is 10.0 Å². The maximum Gasteiger partial charge on any atom is 0.242 e. The summed E-state index contributed by atoms with van der Waals surface area (Å²) in [4.78, 5) is -0.279. The zero-order valence-corrected chi connectivity index (χ0v) is 12.1. The number of benzene rings is 1. The minimum absolute atomic E-state index is 0.133. The van der Waals surface area contributed by atoms with Gasteiger partial charge in [-0.1, -0.05) is 13.0 Å². The summed E-state index contributed by atoms with van der Waals surface area (Å²) in [6, 6.07) is 5.13. The van der Waals surface area contributed by atoms with E-state index in [1.165, 1.54) is 12.1 Å². The zero-order chi connectivity index (χ0) is 14.8. The average molecular weight is 296 g/mol. The molecule has 1 aromatic carbocycles. The Kier molecular flexibility index (Phi) is 4.41. The van der Waals surface area contributed by atoms with Gasteiger partial charge in [0.1, 0.15) is 22.3 Å². The highest BCUT2D eigenvalue weighted by Crippen LogP contribution is 2.25. The number of hydrogen-bond donors (Lipinski definition) is 1. The second kappa shape index (κ2) is 5.90. The summed E-state index contributed by atoms with van der Waals surface area (Å²) in [6.07, 6.45) is 3.50. The molecular formula is C14H17FN2O2S. The molecule has 108 valence electrons. The molecule has 0 saturated heterocycles. The van der Waals surface area contributed by atoms with Crippen molar-refractivity contribution in [1.82, 2.24) is 4.72 Å². The molecule has 0 atom stereocenters. The molecule has 1 N–H and O–H groups in total. The van der Waals surface area contributed by atoms with Gasteiger partial charge in [-0.3, -0.25) is 0 Å². The van der Waals surface area contributed by atoms with Crippen LogP contribution in [0.4, 0.5) is 4.39 Å². The Balaban J connectivity index is 2.23. The number of sulfonamides is 1. The molecule has 0 aromatic heterocycles. The summed E-state index contributed by atoms with van der Waals surface area (Å²) in [6.45, 7) is 2.14. The fraction of sp³-hybridized carbons (Fsp3) is 0.500. The Bertz CT molecular complexity index is 629. The molecule has 1 aliphatic carbocycles.